The minimum Gasteiger partial charge on any atom is -0.508 e. The maximum atomic E-state index is 13.8. The molecule has 0 amide bonds. The molecule has 3 unspecified atom stereocenters. The van der Waals surface area contributed by atoms with Crippen LogP contribution in [0.4, 0.5) is 39.5 Å². The van der Waals surface area contributed by atoms with E-state index < -0.39 is 55.1 Å². The molecule has 1 aromatic rings. The lowest BCUT2D eigenvalue weighted by Gasteiger charge is -2.53. The summed E-state index contributed by atoms with van der Waals surface area (Å²) in [7, 11) is 0. The summed E-state index contributed by atoms with van der Waals surface area (Å²) >= 11 is 0. The highest BCUT2D eigenvalue weighted by atomic mass is 19.4. The Morgan fingerprint density at radius 1 is 0.875 bits per heavy atom. The molecule has 4 rings (SSSR count). The number of hydrogen-bond acceptors (Lipinski definition) is 3. The van der Waals surface area contributed by atoms with Crippen LogP contribution in [0.15, 0.2) is 18.2 Å². The van der Waals surface area contributed by atoms with E-state index in [2.05, 4.69) is 13.0 Å². The van der Waals surface area contributed by atoms with Gasteiger partial charge in [-0.1, -0.05) is 51.5 Å². The molecule has 3 aliphatic carbocycles. The standard InChI is InChI=1S/C35H47F9O4/c1-31-18-16-26-25-13-12-24(45)20-23(25)19-22(29(26)27(31)14-15-28(31)46)10-7-5-3-2-4-6-9-21(30(47)48)11-8-17-32(36,37)33(38,39)34(40,41)35(42,43)44/h12-13,20-22,26-29,45-46H,2-11,14-19H2,1H3,(H,47,48)/t21-,22-,26?,27?,28+,29?,31+/m1/s1. The van der Waals surface area contributed by atoms with Gasteiger partial charge in [-0.05, 0) is 110 Å². The minimum absolute atomic E-state index is 0.0411. The van der Waals surface area contributed by atoms with Crippen molar-refractivity contribution in [1.82, 2.24) is 0 Å². The minimum atomic E-state index is -6.94. The van der Waals surface area contributed by atoms with Crippen LogP contribution in [-0.4, -0.2) is 51.3 Å². The quantitative estimate of drug-likeness (QED) is 0.118. The number of halogens is 9. The fourth-order valence-electron chi connectivity index (χ4n) is 9.06. The number of unbranched alkanes of at least 4 members (excludes halogenated alkanes) is 5. The number of alkyl halides is 9. The van der Waals surface area contributed by atoms with Gasteiger partial charge >= 0.3 is 29.9 Å². The Bertz CT molecular complexity index is 1250. The second-order valence-corrected chi connectivity index (χ2v) is 14.8. The third-order valence-electron chi connectivity index (χ3n) is 11.8. The highest BCUT2D eigenvalue weighted by Gasteiger charge is 2.81. The number of carboxylic acid groups (broad SMARTS) is 1. The molecule has 2 saturated carbocycles. The van der Waals surface area contributed by atoms with Gasteiger partial charge in [0.05, 0.1) is 12.0 Å². The molecule has 0 heterocycles. The van der Waals surface area contributed by atoms with Crippen molar-refractivity contribution in [3.05, 3.63) is 29.3 Å². The average molecular weight is 703 g/mol. The molecule has 0 spiro atoms. The SMILES string of the molecule is C[C@]12CCC3c4ccc(O)cc4C[C@@H](CCCCCCCC[C@H](CCCC(F)(F)C(F)(F)C(F)(F)C(F)(F)F)C(=O)O)C3C1CC[C@@H]2O. The number of aliphatic carboxylic acids is 1. The number of fused-ring (bicyclic) bond motifs is 5. The van der Waals surface area contributed by atoms with Crippen LogP contribution in [0.3, 0.4) is 0 Å². The summed E-state index contributed by atoms with van der Waals surface area (Å²) in [6, 6.07) is 5.71. The second kappa shape index (κ2) is 14.6. The van der Waals surface area contributed by atoms with Crippen molar-refractivity contribution in [3.63, 3.8) is 0 Å². The highest BCUT2D eigenvalue weighted by molar-refractivity contribution is 5.69. The first-order valence-corrected chi connectivity index (χ1v) is 17.2. The van der Waals surface area contributed by atoms with Crippen LogP contribution >= 0.6 is 0 Å². The van der Waals surface area contributed by atoms with E-state index in [0.717, 1.165) is 64.2 Å². The van der Waals surface area contributed by atoms with E-state index in [-0.39, 0.29) is 23.7 Å². The molecule has 3 N–H and O–H groups in total. The number of phenolic OH excluding ortho intramolecular Hbond substituents is 1. The lowest BCUT2D eigenvalue weighted by molar-refractivity contribution is -0.396. The number of aromatic hydroxyl groups is 1. The van der Waals surface area contributed by atoms with E-state index >= 15 is 0 Å². The zero-order valence-corrected chi connectivity index (χ0v) is 27.2. The number of aliphatic hydroxyl groups is 1. The normalized spacial score (nSPS) is 28.4. The van der Waals surface area contributed by atoms with Crippen molar-refractivity contribution in [2.75, 3.05) is 0 Å². The van der Waals surface area contributed by atoms with E-state index in [1.165, 1.54) is 11.1 Å². The molecule has 0 aromatic heterocycles. The molecule has 3 aliphatic rings. The fourth-order valence-corrected chi connectivity index (χ4v) is 9.06. The lowest BCUT2D eigenvalue weighted by atomic mass is 9.52. The van der Waals surface area contributed by atoms with Gasteiger partial charge < -0.3 is 15.3 Å². The average Bonchev–Trinajstić information content (AvgIpc) is 3.29. The number of phenols is 1. The van der Waals surface area contributed by atoms with Crippen molar-refractivity contribution in [1.29, 1.82) is 0 Å². The van der Waals surface area contributed by atoms with Crippen LogP contribution in [0.1, 0.15) is 120 Å². The number of carboxylic acids is 1. The van der Waals surface area contributed by atoms with E-state index in [0.29, 0.717) is 36.5 Å². The van der Waals surface area contributed by atoms with E-state index in [4.69, 9.17) is 0 Å². The van der Waals surface area contributed by atoms with Crippen LogP contribution in [0, 0.1) is 29.1 Å². The summed E-state index contributed by atoms with van der Waals surface area (Å²) in [5, 5.41) is 30.4. The maximum absolute atomic E-state index is 13.8. The summed E-state index contributed by atoms with van der Waals surface area (Å²) in [6.45, 7) is 2.23. The van der Waals surface area contributed by atoms with Crippen LogP contribution in [-0.2, 0) is 11.2 Å². The molecule has 48 heavy (non-hydrogen) atoms. The summed E-state index contributed by atoms with van der Waals surface area (Å²) in [5.41, 5.74) is 2.45. The van der Waals surface area contributed by atoms with Crippen molar-refractivity contribution in [2.45, 2.75) is 146 Å². The monoisotopic (exact) mass is 702 g/mol. The van der Waals surface area contributed by atoms with Crippen molar-refractivity contribution >= 4 is 5.97 Å². The van der Waals surface area contributed by atoms with Gasteiger partial charge in [0.1, 0.15) is 5.75 Å². The predicted octanol–water partition coefficient (Wildman–Crippen LogP) is 10.3. The maximum Gasteiger partial charge on any atom is 0.460 e. The Balaban J connectivity index is 1.20. The summed E-state index contributed by atoms with van der Waals surface area (Å²) in [6.07, 6.45) is -0.270. The number of benzene rings is 1. The van der Waals surface area contributed by atoms with Crippen molar-refractivity contribution in [2.24, 2.45) is 29.1 Å². The number of aliphatic hydroxyl groups excluding tert-OH is 1. The smallest absolute Gasteiger partial charge is 0.460 e. The molecule has 7 atom stereocenters. The molecular weight excluding hydrogens is 655 g/mol. The van der Waals surface area contributed by atoms with E-state index in [1.54, 1.807) is 6.07 Å². The first-order valence-electron chi connectivity index (χ1n) is 17.2. The zero-order chi connectivity index (χ0) is 35.7. The molecule has 4 nitrogen and oxygen atoms in total. The van der Waals surface area contributed by atoms with E-state index in [9.17, 15) is 59.6 Å². The molecule has 13 heteroatoms. The fraction of sp³-hybridized carbons (Fsp3) is 0.800. The van der Waals surface area contributed by atoms with Gasteiger partial charge in [0, 0.05) is 6.42 Å². The Morgan fingerprint density at radius 2 is 1.50 bits per heavy atom. The lowest BCUT2D eigenvalue weighted by Crippen LogP contribution is -2.60. The zero-order valence-electron chi connectivity index (χ0n) is 27.2. The molecular formula is C35H47F9O4. The predicted molar refractivity (Wildman–Crippen MR) is 160 cm³/mol. The molecule has 0 aliphatic heterocycles. The number of rotatable bonds is 16. The Hall–Kier alpha value is -2.18. The molecule has 2 fully saturated rings. The summed E-state index contributed by atoms with van der Waals surface area (Å²) in [4.78, 5) is 11.6. The molecule has 274 valence electrons. The molecule has 0 radical (unpaired) electrons. The van der Waals surface area contributed by atoms with Gasteiger partial charge in [-0.15, -0.1) is 0 Å². The second-order valence-electron chi connectivity index (χ2n) is 14.8. The van der Waals surface area contributed by atoms with Gasteiger partial charge in [-0.2, -0.15) is 39.5 Å². The molecule has 0 saturated heterocycles. The first-order chi connectivity index (χ1) is 22.2. The molecule has 0 bridgehead atoms. The van der Waals surface area contributed by atoms with Gasteiger partial charge in [0.2, 0.25) is 0 Å². The van der Waals surface area contributed by atoms with E-state index in [1.807, 2.05) is 6.07 Å². The van der Waals surface area contributed by atoms with Gasteiger partial charge in [0.25, 0.3) is 0 Å². The van der Waals surface area contributed by atoms with Crippen molar-refractivity contribution in [3.8, 4) is 5.75 Å². The number of hydrogen-bond donors (Lipinski definition) is 3. The highest BCUT2D eigenvalue weighted by Crippen LogP contribution is 2.63. The Morgan fingerprint density at radius 3 is 2.15 bits per heavy atom. The summed E-state index contributed by atoms with van der Waals surface area (Å²) < 4.78 is 118. The Labute approximate surface area is 275 Å². The van der Waals surface area contributed by atoms with Crippen molar-refractivity contribution < 1.29 is 59.6 Å². The third kappa shape index (κ3) is 7.60. The first kappa shape index (κ1) is 38.6. The van der Waals surface area contributed by atoms with Crippen LogP contribution in [0.2, 0.25) is 0 Å². The third-order valence-corrected chi connectivity index (χ3v) is 11.8. The molecule has 1 aromatic carbocycles. The van der Waals surface area contributed by atoms with Crippen LogP contribution < -0.4 is 0 Å². The summed E-state index contributed by atoms with van der Waals surface area (Å²) in [5.74, 6) is -19.9. The Kier molecular flexibility index (Phi) is 11.7. The largest absolute Gasteiger partial charge is 0.508 e. The van der Waals surface area contributed by atoms with Gasteiger partial charge in [-0.3, -0.25) is 4.79 Å². The number of carbonyl (C=O) groups is 1. The van der Waals surface area contributed by atoms with Gasteiger partial charge in [-0.25, -0.2) is 0 Å². The van der Waals surface area contributed by atoms with Crippen LogP contribution in [0.25, 0.3) is 0 Å². The topological polar surface area (TPSA) is 77.8 Å². The van der Waals surface area contributed by atoms with Gasteiger partial charge in [0.15, 0.2) is 0 Å². The van der Waals surface area contributed by atoms with Crippen LogP contribution in [0.5, 0.6) is 5.75 Å².